The molecule has 0 aliphatic rings. The van der Waals surface area contributed by atoms with E-state index in [9.17, 15) is 8.42 Å². The fourth-order valence-electron chi connectivity index (χ4n) is 1.61. The maximum atomic E-state index is 12.1. The summed E-state index contributed by atoms with van der Waals surface area (Å²) in [5.74, 6) is 0.210. The first-order chi connectivity index (χ1) is 8.35. The van der Waals surface area contributed by atoms with Gasteiger partial charge in [0.05, 0.1) is 12.8 Å². The second-order valence-electron chi connectivity index (χ2n) is 4.16. The third-order valence-electron chi connectivity index (χ3n) is 2.85. The van der Waals surface area contributed by atoms with E-state index in [1.807, 2.05) is 20.8 Å². The minimum absolute atomic E-state index is 0.0963. The molecule has 0 bridgehead atoms. The summed E-state index contributed by atoms with van der Waals surface area (Å²) in [6, 6.07) is 1.59. The normalized spacial score (nSPS) is 11.6. The zero-order chi connectivity index (χ0) is 13.9. The van der Waals surface area contributed by atoms with Crippen LogP contribution in [0.25, 0.3) is 0 Å². The molecule has 102 valence electrons. The number of nitrogens with one attached hydrogen (secondary N) is 1. The first-order valence-corrected chi connectivity index (χ1v) is 7.26. The monoisotopic (exact) mass is 272 g/mol. The van der Waals surface area contributed by atoms with E-state index < -0.39 is 10.0 Å². The fraction of sp³-hybridized carbons (Fsp3) is 0.500. The summed E-state index contributed by atoms with van der Waals surface area (Å²) in [4.78, 5) is 0.0963. The summed E-state index contributed by atoms with van der Waals surface area (Å²) in [6.45, 7) is 5.94. The number of aryl methyl sites for hydroxylation is 1. The summed E-state index contributed by atoms with van der Waals surface area (Å²) in [5, 5.41) is 0. The molecule has 0 fully saturated rings. The number of hydrogen-bond acceptors (Lipinski definition) is 4. The third kappa shape index (κ3) is 2.76. The number of rotatable bonds is 5. The second kappa shape index (κ2) is 5.58. The van der Waals surface area contributed by atoms with Crippen LogP contribution in [-0.4, -0.2) is 22.1 Å². The first-order valence-electron chi connectivity index (χ1n) is 5.78. The van der Waals surface area contributed by atoms with Crippen molar-refractivity contribution in [3.63, 3.8) is 0 Å². The number of benzene rings is 1. The molecule has 0 saturated carbocycles. The number of sulfonamides is 1. The van der Waals surface area contributed by atoms with Gasteiger partial charge in [0.15, 0.2) is 5.75 Å². The molecule has 0 aliphatic carbocycles. The Balaban J connectivity index is 3.41. The van der Waals surface area contributed by atoms with Crippen molar-refractivity contribution in [2.24, 2.45) is 0 Å². The number of nitrogen functional groups attached to an aromatic ring is 1. The van der Waals surface area contributed by atoms with Gasteiger partial charge in [0.25, 0.3) is 0 Å². The van der Waals surface area contributed by atoms with Crippen molar-refractivity contribution in [3.05, 3.63) is 17.2 Å². The van der Waals surface area contributed by atoms with Crippen LogP contribution in [0.4, 0.5) is 5.69 Å². The van der Waals surface area contributed by atoms with Crippen molar-refractivity contribution in [2.75, 3.05) is 19.4 Å². The van der Waals surface area contributed by atoms with Crippen molar-refractivity contribution in [1.29, 1.82) is 0 Å². The number of ether oxygens (including phenoxy) is 1. The van der Waals surface area contributed by atoms with Crippen LogP contribution in [0.1, 0.15) is 24.5 Å². The van der Waals surface area contributed by atoms with E-state index >= 15 is 0 Å². The van der Waals surface area contributed by atoms with Crippen LogP contribution in [0.2, 0.25) is 0 Å². The molecular formula is C12H20N2O3S. The van der Waals surface area contributed by atoms with Crippen LogP contribution in [0.15, 0.2) is 11.0 Å². The van der Waals surface area contributed by atoms with Gasteiger partial charge in [-0.15, -0.1) is 0 Å². The molecule has 0 saturated heterocycles. The van der Waals surface area contributed by atoms with Crippen LogP contribution in [0, 0.1) is 13.8 Å². The van der Waals surface area contributed by atoms with E-state index in [1.165, 1.54) is 7.11 Å². The van der Waals surface area contributed by atoms with Gasteiger partial charge in [0, 0.05) is 6.54 Å². The van der Waals surface area contributed by atoms with Gasteiger partial charge in [-0.2, -0.15) is 0 Å². The van der Waals surface area contributed by atoms with Gasteiger partial charge in [-0.25, -0.2) is 13.1 Å². The molecule has 6 heteroatoms. The molecule has 0 amide bonds. The lowest BCUT2D eigenvalue weighted by atomic mass is 10.1. The Hall–Kier alpha value is -1.27. The summed E-state index contributed by atoms with van der Waals surface area (Å²) in [6.07, 6.45) is 0.724. The van der Waals surface area contributed by atoms with Crippen LogP contribution in [0.5, 0.6) is 5.75 Å². The lowest BCUT2D eigenvalue weighted by molar-refractivity contribution is 0.404. The maximum Gasteiger partial charge on any atom is 0.244 e. The highest BCUT2D eigenvalue weighted by Crippen LogP contribution is 2.34. The first kappa shape index (κ1) is 14.8. The molecule has 0 aromatic heterocycles. The summed E-state index contributed by atoms with van der Waals surface area (Å²) in [5.41, 5.74) is 7.93. The predicted molar refractivity (Wildman–Crippen MR) is 72.4 cm³/mol. The van der Waals surface area contributed by atoms with E-state index in [-0.39, 0.29) is 10.6 Å². The fourth-order valence-corrected chi connectivity index (χ4v) is 3.01. The lowest BCUT2D eigenvalue weighted by Crippen LogP contribution is -2.25. The molecule has 3 N–H and O–H groups in total. The van der Waals surface area contributed by atoms with Gasteiger partial charge in [-0.3, -0.25) is 0 Å². The largest absolute Gasteiger partial charge is 0.493 e. The molecule has 0 spiro atoms. The zero-order valence-electron chi connectivity index (χ0n) is 11.2. The summed E-state index contributed by atoms with van der Waals surface area (Å²) >= 11 is 0. The SMILES string of the molecule is CCCNS(=O)(=O)c1cc(C)c(C)c(N)c1OC. The Labute approximate surface area is 108 Å². The van der Waals surface area contributed by atoms with E-state index in [0.29, 0.717) is 12.2 Å². The van der Waals surface area contributed by atoms with Crippen LogP contribution in [0.3, 0.4) is 0 Å². The molecular weight excluding hydrogens is 252 g/mol. The lowest BCUT2D eigenvalue weighted by Gasteiger charge is -2.16. The summed E-state index contributed by atoms with van der Waals surface area (Å²) < 4.78 is 31.9. The van der Waals surface area contributed by atoms with Crippen molar-refractivity contribution >= 4 is 15.7 Å². The number of anilines is 1. The molecule has 0 atom stereocenters. The standard InChI is InChI=1S/C12H20N2O3S/c1-5-6-14-18(15,16)10-7-8(2)9(3)11(13)12(10)17-4/h7,14H,5-6,13H2,1-4H3. The van der Waals surface area contributed by atoms with Crippen molar-refractivity contribution < 1.29 is 13.2 Å². The molecule has 0 unspecified atom stereocenters. The molecule has 1 rings (SSSR count). The minimum Gasteiger partial charge on any atom is -0.493 e. The number of methoxy groups -OCH3 is 1. The Morgan fingerprint density at radius 1 is 1.39 bits per heavy atom. The smallest absolute Gasteiger partial charge is 0.244 e. The highest BCUT2D eigenvalue weighted by atomic mass is 32.2. The Morgan fingerprint density at radius 3 is 2.50 bits per heavy atom. The van der Waals surface area contributed by atoms with Gasteiger partial charge in [0.2, 0.25) is 10.0 Å². The molecule has 18 heavy (non-hydrogen) atoms. The van der Waals surface area contributed by atoms with Gasteiger partial charge in [-0.1, -0.05) is 6.92 Å². The maximum absolute atomic E-state index is 12.1. The van der Waals surface area contributed by atoms with E-state index in [0.717, 1.165) is 17.5 Å². The van der Waals surface area contributed by atoms with Crippen LogP contribution >= 0.6 is 0 Å². The number of nitrogens with two attached hydrogens (primary N) is 1. The Kier molecular flexibility index (Phi) is 4.59. The third-order valence-corrected chi connectivity index (χ3v) is 4.31. The van der Waals surface area contributed by atoms with E-state index in [2.05, 4.69) is 4.72 Å². The van der Waals surface area contributed by atoms with Gasteiger partial charge >= 0.3 is 0 Å². The van der Waals surface area contributed by atoms with Crippen molar-refractivity contribution in [1.82, 2.24) is 4.72 Å². The predicted octanol–water partition coefficient (Wildman–Crippen LogP) is 1.58. The second-order valence-corrected chi connectivity index (χ2v) is 5.90. The van der Waals surface area contributed by atoms with Crippen LogP contribution in [-0.2, 0) is 10.0 Å². The van der Waals surface area contributed by atoms with E-state index in [4.69, 9.17) is 10.5 Å². The molecule has 1 aromatic carbocycles. The van der Waals surface area contributed by atoms with Gasteiger partial charge in [0.1, 0.15) is 4.90 Å². The molecule has 0 radical (unpaired) electrons. The molecule has 5 nitrogen and oxygen atoms in total. The van der Waals surface area contributed by atoms with Crippen molar-refractivity contribution in [2.45, 2.75) is 32.1 Å². The number of hydrogen-bond donors (Lipinski definition) is 2. The quantitative estimate of drug-likeness (QED) is 0.797. The topological polar surface area (TPSA) is 81.4 Å². The average Bonchev–Trinajstić information content (AvgIpc) is 2.33. The average molecular weight is 272 g/mol. The molecule has 0 aliphatic heterocycles. The highest BCUT2D eigenvalue weighted by molar-refractivity contribution is 7.89. The van der Waals surface area contributed by atoms with Gasteiger partial charge < -0.3 is 10.5 Å². The zero-order valence-corrected chi connectivity index (χ0v) is 12.0. The molecule has 0 heterocycles. The van der Waals surface area contributed by atoms with Crippen LogP contribution < -0.4 is 15.2 Å². The Bertz CT molecular complexity index is 539. The minimum atomic E-state index is -3.58. The summed E-state index contributed by atoms with van der Waals surface area (Å²) in [7, 11) is -2.17. The molecule has 1 aromatic rings. The van der Waals surface area contributed by atoms with E-state index in [1.54, 1.807) is 6.07 Å². The Morgan fingerprint density at radius 2 is 2.00 bits per heavy atom. The van der Waals surface area contributed by atoms with Gasteiger partial charge in [-0.05, 0) is 37.5 Å². The van der Waals surface area contributed by atoms with Crippen molar-refractivity contribution in [3.8, 4) is 5.75 Å². The highest BCUT2D eigenvalue weighted by Gasteiger charge is 2.22.